The first-order valence-corrected chi connectivity index (χ1v) is 3.38. The average molecular weight is 145 g/mol. The van der Waals surface area contributed by atoms with Crippen LogP contribution in [-0.4, -0.2) is 15.0 Å². The maximum Gasteiger partial charge on any atom is 0.116 e. The molecular weight excluding hydrogens is 138 g/mol. The highest BCUT2D eigenvalue weighted by Gasteiger charge is 1.92. The highest BCUT2D eigenvalue weighted by molar-refractivity contribution is 5.76. The number of hydrogen-bond donors (Lipinski definition) is 0. The van der Waals surface area contributed by atoms with Gasteiger partial charge in [0.1, 0.15) is 6.33 Å². The summed E-state index contributed by atoms with van der Waals surface area (Å²) in [5.74, 6) is 0. The van der Waals surface area contributed by atoms with Gasteiger partial charge < -0.3 is 0 Å². The van der Waals surface area contributed by atoms with Crippen molar-refractivity contribution in [1.29, 1.82) is 0 Å². The van der Waals surface area contributed by atoms with E-state index in [0.29, 0.717) is 0 Å². The molecule has 2 rings (SSSR count). The van der Waals surface area contributed by atoms with E-state index in [1.54, 1.807) is 12.4 Å². The molecule has 0 atom stereocenters. The van der Waals surface area contributed by atoms with Crippen molar-refractivity contribution >= 4 is 10.9 Å². The molecule has 0 radical (unpaired) electrons. The second-order valence-corrected chi connectivity index (χ2v) is 2.41. The minimum absolute atomic E-state index is 0.894. The van der Waals surface area contributed by atoms with Crippen molar-refractivity contribution in [3.63, 3.8) is 0 Å². The van der Waals surface area contributed by atoms with E-state index in [4.69, 9.17) is 0 Å². The molecule has 0 spiro atoms. The zero-order chi connectivity index (χ0) is 7.68. The van der Waals surface area contributed by atoms with Gasteiger partial charge in [0.05, 0.1) is 11.7 Å². The third-order valence-electron chi connectivity index (χ3n) is 1.53. The highest BCUT2D eigenvalue weighted by Crippen LogP contribution is 2.07. The molecule has 0 bridgehead atoms. The number of fused-ring (bicyclic) bond motifs is 1. The van der Waals surface area contributed by atoms with Crippen molar-refractivity contribution < 1.29 is 0 Å². The van der Waals surface area contributed by atoms with Crippen molar-refractivity contribution in [2.45, 2.75) is 6.92 Å². The smallest absolute Gasteiger partial charge is 0.116 e. The van der Waals surface area contributed by atoms with E-state index in [2.05, 4.69) is 15.0 Å². The average Bonchev–Trinajstić information content (AvgIpc) is 2.04. The molecule has 3 nitrogen and oxygen atoms in total. The van der Waals surface area contributed by atoms with Crippen molar-refractivity contribution in [2.75, 3.05) is 0 Å². The van der Waals surface area contributed by atoms with E-state index in [9.17, 15) is 0 Å². The van der Waals surface area contributed by atoms with Gasteiger partial charge in [0.15, 0.2) is 0 Å². The molecule has 0 aromatic carbocycles. The Hall–Kier alpha value is -1.51. The van der Waals surface area contributed by atoms with Gasteiger partial charge in [-0.15, -0.1) is 0 Å². The predicted molar refractivity (Wildman–Crippen MR) is 42.1 cm³/mol. The summed E-state index contributed by atoms with van der Waals surface area (Å²) in [4.78, 5) is 12.1. The number of nitrogens with zero attached hydrogens (tertiary/aromatic N) is 3. The third kappa shape index (κ3) is 1.05. The van der Waals surface area contributed by atoms with Gasteiger partial charge in [-0.25, -0.2) is 9.97 Å². The monoisotopic (exact) mass is 145 g/mol. The summed E-state index contributed by atoms with van der Waals surface area (Å²) in [5.41, 5.74) is 1.89. The van der Waals surface area contributed by atoms with Gasteiger partial charge >= 0.3 is 0 Å². The van der Waals surface area contributed by atoms with Gasteiger partial charge in [-0.05, 0) is 13.0 Å². The van der Waals surface area contributed by atoms with Crippen LogP contribution >= 0.6 is 0 Å². The van der Waals surface area contributed by atoms with Gasteiger partial charge in [0.25, 0.3) is 0 Å². The second kappa shape index (κ2) is 2.27. The summed E-state index contributed by atoms with van der Waals surface area (Å²) in [6.07, 6.45) is 5.07. The number of pyridine rings is 1. The molecule has 2 aromatic rings. The lowest BCUT2D eigenvalue weighted by Gasteiger charge is -1.94. The Bertz CT molecular complexity index is 384. The molecule has 54 valence electrons. The Morgan fingerprint density at radius 3 is 3.00 bits per heavy atom. The molecule has 0 aliphatic rings. The van der Waals surface area contributed by atoms with E-state index < -0.39 is 0 Å². The molecule has 0 aliphatic carbocycles. The van der Waals surface area contributed by atoms with Crippen LogP contribution < -0.4 is 0 Å². The Balaban J connectivity index is 2.83. The minimum atomic E-state index is 0.894. The summed E-state index contributed by atoms with van der Waals surface area (Å²) in [6, 6.07) is 1.97. The molecule has 0 saturated heterocycles. The zero-order valence-electron chi connectivity index (χ0n) is 6.15. The standard InChI is InChI=1S/C8H7N3/c1-6-2-7-3-9-5-11-8(7)4-10-6/h2-5H,1H3. The molecular formula is C8H7N3. The number of aromatic nitrogens is 3. The normalized spacial score (nSPS) is 10.3. The van der Waals surface area contributed by atoms with Crippen LogP contribution in [0.1, 0.15) is 5.69 Å². The van der Waals surface area contributed by atoms with Crippen LogP contribution in [0.5, 0.6) is 0 Å². The summed E-state index contributed by atoms with van der Waals surface area (Å²) in [7, 11) is 0. The fourth-order valence-electron chi connectivity index (χ4n) is 0.994. The number of aryl methyl sites for hydroxylation is 1. The van der Waals surface area contributed by atoms with Crippen LogP contribution in [0.15, 0.2) is 24.8 Å². The summed E-state index contributed by atoms with van der Waals surface area (Å²) < 4.78 is 0. The summed E-state index contributed by atoms with van der Waals surface area (Å²) >= 11 is 0. The fraction of sp³-hybridized carbons (Fsp3) is 0.125. The fourth-order valence-corrected chi connectivity index (χ4v) is 0.994. The van der Waals surface area contributed by atoms with E-state index in [1.807, 2.05) is 13.0 Å². The summed E-state index contributed by atoms with van der Waals surface area (Å²) in [5, 5.41) is 1.04. The Morgan fingerprint density at radius 1 is 1.18 bits per heavy atom. The molecule has 0 amide bonds. The molecule has 2 heterocycles. The lowest BCUT2D eigenvalue weighted by molar-refractivity contribution is 1.17. The van der Waals surface area contributed by atoms with Crippen molar-refractivity contribution in [3.05, 3.63) is 30.5 Å². The highest BCUT2D eigenvalue weighted by atomic mass is 14.8. The lowest BCUT2D eigenvalue weighted by atomic mass is 10.3. The number of rotatable bonds is 0. The molecule has 0 saturated carbocycles. The SMILES string of the molecule is Cc1cc2cncnc2cn1. The molecule has 11 heavy (non-hydrogen) atoms. The largest absolute Gasteiger partial charge is 0.259 e. The quantitative estimate of drug-likeness (QED) is 0.561. The molecule has 0 unspecified atom stereocenters. The second-order valence-electron chi connectivity index (χ2n) is 2.41. The first kappa shape index (κ1) is 6.22. The van der Waals surface area contributed by atoms with Crippen LogP contribution in [0.3, 0.4) is 0 Å². The third-order valence-corrected chi connectivity index (χ3v) is 1.53. The van der Waals surface area contributed by atoms with Crippen LogP contribution in [0, 0.1) is 6.92 Å². The van der Waals surface area contributed by atoms with Crippen molar-refractivity contribution in [1.82, 2.24) is 15.0 Å². The van der Waals surface area contributed by atoms with Gasteiger partial charge in [0.2, 0.25) is 0 Å². The Morgan fingerprint density at radius 2 is 2.09 bits per heavy atom. The van der Waals surface area contributed by atoms with Crippen LogP contribution in [0.4, 0.5) is 0 Å². The van der Waals surface area contributed by atoms with Gasteiger partial charge in [-0.3, -0.25) is 4.98 Å². The van der Waals surface area contributed by atoms with Crippen LogP contribution in [0.25, 0.3) is 10.9 Å². The first-order valence-electron chi connectivity index (χ1n) is 3.38. The molecule has 2 aromatic heterocycles. The maximum atomic E-state index is 4.12. The summed E-state index contributed by atoms with van der Waals surface area (Å²) in [6.45, 7) is 1.95. The Kier molecular flexibility index (Phi) is 1.28. The van der Waals surface area contributed by atoms with E-state index >= 15 is 0 Å². The van der Waals surface area contributed by atoms with Crippen LogP contribution in [-0.2, 0) is 0 Å². The Labute approximate surface area is 64.1 Å². The first-order chi connectivity index (χ1) is 5.36. The van der Waals surface area contributed by atoms with Crippen molar-refractivity contribution in [3.8, 4) is 0 Å². The predicted octanol–water partition coefficient (Wildman–Crippen LogP) is 1.33. The van der Waals surface area contributed by atoms with Crippen LogP contribution in [0.2, 0.25) is 0 Å². The number of hydrogen-bond acceptors (Lipinski definition) is 3. The van der Waals surface area contributed by atoms with Gasteiger partial charge in [-0.2, -0.15) is 0 Å². The topological polar surface area (TPSA) is 38.7 Å². The van der Waals surface area contributed by atoms with E-state index in [-0.39, 0.29) is 0 Å². The molecule has 3 heteroatoms. The lowest BCUT2D eigenvalue weighted by Crippen LogP contribution is -1.84. The molecule has 0 aliphatic heterocycles. The maximum absolute atomic E-state index is 4.12. The van der Waals surface area contributed by atoms with E-state index in [1.165, 1.54) is 6.33 Å². The van der Waals surface area contributed by atoms with Gasteiger partial charge in [-0.1, -0.05) is 0 Å². The zero-order valence-corrected chi connectivity index (χ0v) is 6.15. The van der Waals surface area contributed by atoms with Gasteiger partial charge in [0, 0.05) is 17.3 Å². The molecule has 0 N–H and O–H groups in total. The van der Waals surface area contributed by atoms with E-state index in [0.717, 1.165) is 16.6 Å². The van der Waals surface area contributed by atoms with Crippen molar-refractivity contribution in [2.24, 2.45) is 0 Å². The molecule has 0 fully saturated rings. The minimum Gasteiger partial charge on any atom is -0.259 e.